The Hall–Kier alpha value is -2.82. The van der Waals surface area contributed by atoms with Gasteiger partial charge in [0.15, 0.2) is 0 Å². The molecule has 0 N–H and O–H groups in total. The molecule has 27 heavy (non-hydrogen) atoms. The number of amides is 2. The van der Waals surface area contributed by atoms with E-state index in [1.54, 1.807) is 4.90 Å². The Morgan fingerprint density at radius 3 is 2.44 bits per heavy atom. The molecule has 0 unspecified atom stereocenters. The van der Waals surface area contributed by atoms with E-state index in [1.165, 1.54) is 16.8 Å². The molecule has 2 aliphatic rings. The first-order chi connectivity index (χ1) is 13.0. The number of benzene rings is 2. The molecule has 2 heterocycles. The number of fused-ring (bicyclic) bond motifs is 1. The summed E-state index contributed by atoms with van der Waals surface area (Å²) < 4.78 is 0. The zero-order chi connectivity index (χ0) is 19.0. The fraction of sp³-hybridized carbons (Fsp3) is 0.364. The molecule has 0 saturated carbocycles. The SMILES string of the molecule is Cc1cccc(N2CCN(C(=O)CN3Cc4ccccc4C3=O)CC2)c1C. The highest BCUT2D eigenvalue weighted by Crippen LogP contribution is 2.25. The van der Waals surface area contributed by atoms with Gasteiger partial charge in [-0.1, -0.05) is 30.3 Å². The Bertz CT molecular complexity index is 885. The summed E-state index contributed by atoms with van der Waals surface area (Å²) in [5, 5.41) is 0. The minimum atomic E-state index is -0.0343. The molecule has 2 aliphatic heterocycles. The Balaban J connectivity index is 1.36. The van der Waals surface area contributed by atoms with E-state index in [0.717, 1.165) is 24.2 Å². The molecule has 1 saturated heterocycles. The van der Waals surface area contributed by atoms with Crippen molar-refractivity contribution in [2.24, 2.45) is 0 Å². The summed E-state index contributed by atoms with van der Waals surface area (Å²) in [5.41, 5.74) is 5.59. The van der Waals surface area contributed by atoms with E-state index < -0.39 is 0 Å². The number of anilines is 1. The summed E-state index contributed by atoms with van der Waals surface area (Å²) in [7, 11) is 0. The second-order valence-electron chi connectivity index (χ2n) is 7.41. The maximum atomic E-state index is 12.7. The maximum absolute atomic E-state index is 12.7. The molecule has 0 aromatic heterocycles. The van der Waals surface area contributed by atoms with Crippen LogP contribution in [0.5, 0.6) is 0 Å². The molecule has 1 fully saturated rings. The summed E-state index contributed by atoms with van der Waals surface area (Å²) in [6, 6.07) is 14.0. The van der Waals surface area contributed by atoms with Gasteiger partial charge in [-0.3, -0.25) is 9.59 Å². The largest absolute Gasteiger partial charge is 0.368 e. The molecule has 0 atom stereocenters. The number of nitrogens with zero attached hydrogens (tertiary/aromatic N) is 3. The molecule has 0 spiro atoms. The summed E-state index contributed by atoms with van der Waals surface area (Å²) >= 11 is 0. The van der Waals surface area contributed by atoms with Crippen LogP contribution < -0.4 is 4.90 Å². The molecular formula is C22H25N3O2. The molecule has 5 heteroatoms. The van der Waals surface area contributed by atoms with Crippen LogP contribution in [0.3, 0.4) is 0 Å². The van der Waals surface area contributed by atoms with Crippen LogP contribution in [0.2, 0.25) is 0 Å². The van der Waals surface area contributed by atoms with Gasteiger partial charge in [0, 0.05) is 44.0 Å². The van der Waals surface area contributed by atoms with Crippen molar-refractivity contribution in [2.75, 3.05) is 37.6 Å². The highest BCUT2D eigenvalue weighted by Gasteiger charge is 2.30. The number of rotatable bonds is 3. The quantitative estimate of drug-likeness (QED) is 0.842. The van der Waals surface area contributed by atoms with E-state index in [4.69, 9.17) is 0 Å². The van der Waals surface area contributed by atoms with Gasteiger partial charge in [0.2, 0.25) is 5.91 Å². The smallest absolute Gasteiger partial charge is 0.254 e. The van der Waals surface area contributed by atoms with Gasteiger partial charge in [0.25, 0.3) is 5.91 Å². The van der Waals surface area contributed by atoms with Crippen molar-refractivity contribution in [1.82, 2.24) is 9.80 Å². The Kier molecular flexibility index (Phi) is 4.60. The molecule has 2 aromatic rings. The summed E-state index contributed by atoms with van der Waals surface area (Å²) in [6.45, 7) is 8.01. The first-order valence-corrected chi connectivity index (χ1v) is 9.50. The number of piperazine rings is 1. The third-order valence-corrected chi connectivity index (χ3v) is 5.77. The van der Waals surface area contributed by atoms with Crippen LogP contribution in [0.25, 0.3) is 0 Å². The van der Waals surface area contributed by atoms with Crippen LogP contribution in [0.15, 0.2) is 42.5 Å². The van der Waals surface area contributed by atoms with Gasteiger partial charge in [-0.25, -0.2) is 0 Å². The molecule has 0 radical (unpaired) electrons. The van der Waals surface area contributed by atoms with Crippen molar-refractivity contribution in [3.8, 4) is 0 Å². The second-order valence-corrected chi connectivity index (χ2v) is 7.41. The molecular weight excluding hydrogens is 338 g/mol. The fourth-order valence-corrected chi connectivity index (χ4v) is 3.98. The van der Waals surface area contributed by atoms with Gasteiger partial charge < -0.3 is 14.7 Å². The first kappa shape index (κ1) is 17.6. The van der Waals surface area contributed by atoms with Crippen LogP contribution in [-0.4, -0.2) is 54.3 Å². The molecule has 2 amide bonds. The van der Waals surface area contributed by atoms with Crippen LogP contribution in [0, 0.1) is 13.8 Å². The molecule has 5 nitrogen and oxygen atoms in total. The Morgan fingerprint density at radius 2 is 1.70 bits per heavy atom. The van der Waals surface area contributed by atoms with Crippen molar-refractivity contribution in [1.29, 1.82) is 0 Å². The summed E-state index contributed by atoms with van der Waals surface area (Å²) in [5.74, 6) is 0.00439. The summed E-state index contributed by atoms with van der Waals surface area (Å²) in [6.07, 6.45) is 0. The maximum Gasteiger partial charge on any atom is 0.254 e. The van der Waals surface area contributed by atoms with Crippen molar-refractivity contribution in [3.63, 3.8) is 0 Å². The number of hydrogen-bond donors (Lipinski definition) is 0. The van der Waals surface area contributed by atoms with Gasteiger partial charge >= 0.3 is 0 Å². The van der Waals surface area contributed by atoms with Crippen molar-refractivity contribution in [2.45, 2.75) is 20.4 Å². The van der Waals surface area contributed by atoms with E-state index in [2.05, 4.69) is 36.9 Å². The summed E-state index contributed by atoms with van der Waals surface area (Å²) in [4.78, 5) is 31.1. The number of aryl methyl sites for hydroxylation is 1. The third kappa shape index (κ3) is 3.29. The molecule has 4 rings (SSSR count). The van der Waals surface area contributed by atoms with E-state index >= 15 is 0 Å². The average molecular weight is 363 g/mol. The van der Waals surface area contributed by atoms with Crippen molar-refractivity contribution < 1.29 is 9.59 Å². The van der Waals surface area contributed by atoms with Crippen LogP contribution in [-0.2, 0) is 11.3 Å². The lowest BCUT2D eigenvalue weighted by atomic mass is 10.1. The average Bonchev–Trinajstić information content (AvgIpc) is 3.00. The number of carbonyl (C=O) groups excluding carboxylic acids is 2. The monoisotopic (exact) mass is 363 g/mol. The predicted molar refractivity (Wildman–Crippen MR) is 106 cm³/mol. The predicted octanol–water partition coefficient (Wildman–Crippen LogP) is 2.61. The number of hydrogen-bond acceptors (Lipinski definition) is 3. The van der Waals surface area contributed by atoms with Crippen molar-refractivity contribution in [3.05, 3.63) is 64.7 Å². The zero-order valence-corrected chi connectivity index (χ0v) is 15.9. The third-order valence-electron chi connectivity index (χ3n) is 5.77. The Morgan fingerprint density at radius 1 is 0.963 bits per heavy atom. The molecule has 0 aliphatic carbocycles. The molecule has 140 valence electrons. The molecule has 0 bridgehead atoms. The zero-order valence-electron chi connectivity index (χ0n) is 15.9. The first-order valence-electron chi connectivity index (χ1n) is 9.50. The standard InChI is InChI=1S/C22H25N3O2/c1-16-6-5-9-20(17(16)2)23-10-12-24(13-11-23)21(26)15-25-14-18-7-3-4-8-19(18)22(25)27/h3-9H,10-15H2,1-2H3. The van der Waals surface area contributed by atoms with Gasteiger partial charge in [-0.2, -0.15) is 0 Å². The lowest BCUT2D eigenvalue weighted by Gasteiger charge is -2.37. The highest BCUT2D eigenvalue weighted by molar-refractivity contribution is 6.00. The highest BCUT2D eigenvalue weighted by atomic mass is 16.2. The van der Waals surface area contributed by atoms with Crippen LogP contribution in [0.1, 0.15) is 27.0 Å². The topological polar surface area (TPSA) is 43.9 Å². The minimum Gasteiger partial charge on any atom is -0.368 e. The van der Waals surface area contributed by atoms with Crippen LogP contribution in [0.4, 0.5) is 5.69 Å². The van der Waals surface area contributed by atoms with Gasteiger partial charge in [-0.15, -0.1) is 0 Å². The van der Waals surface area contributed by atoms with Gasteiger partial charge in [0.1, 0.15) is 6.54 Å². The van der Waals surface area contributed by atoms with Crippen molar-refractivity contribution >= 4 is 17.5 Å². The second kappa shape index (κ2) is 7.06. The Labute approximate surface area is 160 Å². The van der Waals surface area contributed by atoms with Gasteiger partial charge in [-0.05, 0) is 42.7 Å². The lowest BCUT2D eigenvalue weighted by Crippen LogP contribution is -2.51. The number of carbonyl (C=O) groups is 2. The van der Waals surface area contributed by atoms with Gasteiger partial charge in [0.05, 0.1) is 0 Å². The van der Waals surface area contributed by atoms with E-state index in [0.29, 0.717) is 19.6 Å². The van der Waals surface area contributed by atoms with Crippen LogP contribution >= 0.6 is 0 Å². The van der Waals surface area contributed by atoms with E-state index in [9.17, 15) is 9.59 Å². The molecule has 2 aromatic carbocycles. The van der Waals surface area contributed by atoms with E-state index in [1.807, 2.05) is 29.2 Å². The normalized spacial score (nSPS) is 16.7. The van der Waals surface area contributed by atoms with E-state index in [-0.39, 0.29) is 18.4 Å². The minimum absolute atomic E-state index is 0.0343. The lowest BCUT2D eigenvalue weighted by molar-refractivity contribution is -0.132. The fourth-order valence-electron chi connectivity index (χ4n) is 3.98.